The van der Waals surface area contributed by atoms with Crippen LogP contribution in [-0.4, -0.2) is 31.3 Å². The van der Waals surface area contributed by atoms with Gasteiger partial charge in [-0.3, -0.25) is 0 Å². The number of carbonyl (C=O) groups excluding carboxylic acids is 1. The second-order valence-electron chi connectivity index (χ2n) is 5.70. The highest BCUT2D eigenvalue weighted by molar-refractivity contribution is 7.13. The Morgan fingerprint density at radius 3 is 2.46 bits per heavy atom. The third-order valence-electron chi connectivity index (χ3n) is 3.76. The summed E-state index contributed by atoms with van der Waals surface area (Å²) >= 11 is 1.47. The van der Waals surface area contributed by atoms with Gasteiger partial charge in [-0.15, -0.1) is 11.3 Å². The van der Waals surface area contributed by atoms with Crippen molar-refractivity contribution < 1.29 is 23.7 Å². The summed E-state index contributed by atoms with van der Waals surface area (Å²) in [5.41, 5.74) is 1.59. The van der Waals surface area contributed by atoms with Crippen molar-refractivity contribution in [2.24, 2.45) is 0 Å². The molecule has 7 heteroatoms. The number of thiazole rings is 1. The molecule has 2 aromatic carbocycles. The van der Waals surface area contributed by atoms with E-state index in [4.69, 9.17) is 18.9 Å². The number of esters is 1. The highest BCUT2D eigenvalue weighted by Crippen LogP contribution is 2.31. The van der Waals surface area contributed by atoms with Gasteiger partial charge in [-0.25, -0.2) is 9.78 Å². The number of aromatic nitrogens is 1. The molecule has 0 amide bonds. The van der Waals surface area contributed by atoms with Crippen molar-refractivity contribution in [2.75, 3.05) is 20.3 Å². The van der Waals surface area contributed by atoms with Gasteiger partial charge in [0.05, 0.1) is 25.0 Å². The van der Waals surface area contributed by atoms with Gasteiger partial charge in [-0.05, 0) is 43.3 Å². The standard InChI is InChI=1S/C21H21NO5S/c1-3-25-16-8-10-17(11-9-16)26-13-20(23)27-12-15-14-28-21(22-15)18-6-4-5-7-19(18)24-2/h4-11,14H,3,12-13H2,1-2H3. The molecule has 3 aromatic rings. The lowest BCUT2D eigenvalue weighted by molar-refractivity contribution is -0.147. The highest BCUT2D eigenvalue weighted by atomic mass is 32.1. The van der Waals surface area contributed by atoms with E-state index in [1.807, 2.05) is 36.6 Å². The lowest BCUT2D eigenvalue weighted by atomic mass is 10.2. The van der Waals surface area contributed by atoms with E-state index >= 15 is 0 Å². The maximum atomic E-state index is 11.9. The van der Waals surface area contributed by atoms with Crippen LogP contribution in [0.3, 0.4) is 0 Å². The normalized spacial score (nSPS) is 10.4. The van der Waals surface area contributed by atoms with E-state index in [9.17, 15) is 4.79 Å². The average Bonchev–Trinajstić information content (AvgIpc) is 3.21. The van der Waals surface area contributed by atoms with Crippen LogP contribution in [0.5, 0.6) is 17.2 Å². The molecule has 6 nitrogen and oxygen atoms in total. The lowest BCUT2D eigenvalue weighted by Gasteiger charge is -2.07. The largest absolute Gasteiger partial charge is 0.496 e. The van der Waals surface area contributed by atoms with Crippen LogP contribution in [0.25, 0.3) is 10.6 Å². The second kappa shape index (κ2) is 9.75. The van der Waals surface area contributed by atoms with Crippen molar-refractivity contribution in [3.05, 3.63) is 59.6 Å². The van der Waals surface area contributed by atoms with Crippen LogP contribution in [0.1, 0.15) is 12.6 Å². The fourth-order valence-corrected chi connectivity index (χ4v) is 3.29. The summed E-state index contributed by atoms with van der Waals surface area (Å²) in [5.74, 6) is 1.63. The van der Waals surface area contributed by atoms with Crippen LogP contribution in [0.2, 0.25) is 0 Å². The van der Waals surface area contributed by atoms with E-state index in [2.05, 4.69) is 4.98 Å². The SMILES string of the molecule is CCOc1ccc(OCC(=O)OCc2csc(-c3ccccc3OC)n2)cc1. The van der Waals surface area contributed by atoms with Gasteiger partial charge in [-0.2, -0.15) is 0 Å². The third-order valence-corrected chi connectivity index (χ3v) is 4.69. The first-order valence-electron chi connectivity index (χ1n) is 8.78. The number of methoxy groups -OCH3 is 1. The topological polar surface area (TPSA) is 66.9 Å². The molecule has 0 saturated carbocycles. The zero-order valence-corrected chi connectivity index (χ0v) is 16.5. The number of nitrogens with zero attached hydrogens (tertiary/aromatic N) is 1. The van der Waals surface area contributed by atoms with E-state index < -0.39 is 5.97 Å². The van der Waals surface area contributed by atoms with Gasteiger partial charge < -0.3 is 18.9 Å². The minimum absolute atomic E-state index is 0.0944. The van der Waals surface area contributed by atoms with Gasteiger partial charge in [0.1, 0.15) is 28.9 Å². The molecule has 28 heavy (non-hydrogen) atoms. The van der Waals surface area contributed by atoms with Crippen molar-refractivity contribution in [1.29, 1.82) is 0 Å². The third kappa shape index (κ3) is 5.23. The first-order chi connectivity index (χ1) is 13.7. The zero-order chi connectivity index (χ0) is 19.8. The molecule has 0 saturated heterocycles. The van der Waals surface area contributed by atoms with Crippen LogP contribution in [0, 0.1) is 0 Å². The first kappa shape index (κ1) is 19.7. The fourth-order valence-electron chi connectivity index (χ4n) is 2.46. The molecule has 0 spiro atoms. The van der Waals surface area contributed by atoms with Crippen molar-refractivity contribution in [3.8, 4) is 27.8 Å². The monoisotopic (exact) mass is 399 g/mol. The van der Waals surface area contributed by atoms with Crippen molar-refractivity contribution >= 4 is 17.3 Å². The van der Waals surface area contributed by atoms with E-state index in [1.165, 1.54) is 11.3 Å². The summed E-state index contributed by atoms with van der Waals surface area (Å²) in [6, 6.07) is 14.7. The maximum Gasteiger partial charge on any atom is 0.344 e. The smallest absolute Gasteiger partial charge is 0.344 e. The van der Waals surface area contributed by atoms with Crippen LogP contribution >= 0.6 is 11.3 Å². The van der Waals surface area contributed by atoms with Crippen LogP contribution < -0.4 is 14.2 Å². The average molecular weight is 399 g/mol. The van der Waals surface area contributed by atoms with E-state index in [0.717, 1.165) is 22.1 Å². The van der Waals surface area contributed by atoms with Crippen molar-refractivity contribution in [2.45, 2.75) is 13.5 Å². The van der Waals surface area contributed by atoms with Gasteiger partial charge in [0.2, 0.25) is 0 Å². The Hall–Kier alpha value is -3.06. The Morgan fingerprint density at radius 2 is 1.75 bits per heavy atom. The number of rotatable bonds is 9. The van der Waals surface area contributed by atoms with E-state index in [1.54, 1.807) is 31.4 Å². The summed E-state index contributed by atoms with van der Waals surface area (Å²) < 4.78 is 21.4. The molecule has 0 aliphatic carbocycles. The Morgan fingerprint density at radius 1 is 1.04 bits per heavy atom. The summed E-state index contributed by atoms with van der Waals surface area (Å²) in [7, 11) is 1.62. The molecule has 3 rings (SSSR count). The van der Waals surface area contributed by atoms with Gasteiger partial charge >= 0.3 is 5.97 Å². The number of hydrogen-bond acceptors (Lipinski definition) is 7. The fraction of sp³-hybridized carbons (Fsp3) is 0.238. The number of para-hydroxylation sites is 1. The molecule has 146 valence electrons. The number of ether oxygens (including phenoxy) is 4. The molecule has 0 N–H and O–H groups in total. The van der Waals surface area contributed by atoms with Crippen molar-refractivity contribution in [1.82, 2.24) is 4.98 Å². The van der Waals surface area contributed by atoms with Crippen LogP contribution in [0.15, 0.2) is 53.9 Å². The van der Waals surface area contributed by atoms with Gasteiger partial charge in [-0.1, -0.05) is 12.1 Å². The molecule has 0 unspecified atom stereocenters. The summed E-state index contributed by atoms with van der Waals surface area (Å²) in [6.45, 7) is 2.44. The quantitative estimate of drug-likeness (QED) is 0.499. The summed E-state index contributed by atoms with van der Waals surface area (Å²) in [6.07, 6.45) is 0. The van der Waals surface area contributed by atoms with Crippen molar-refractivity contribution in [3.63, 3.8) is 0 Å². The molecule has 0 aliphatic rings. The minimum atomic E-state index is -0.458. The Bertz CT molecular complexity index is 907. The predicted molar refractivity (Wildman–Crippen MR) is 107 cm³/mol. The number of carbonyl (C=O) groups is 1. The van der Waals surface area contributed by atoms with Gasteiger partial charge in [0.15, 0.2) is 6.61 Å². The highest BCUT2D eigenvalue weighted by Gasteiger charge is 2.11. The number of benzene rings is 2. The second-order valence-corrected chi connectivity index (χ2v) is 6.56. The van der Waals surface area contributed by atoms with Gasteiger partial charge in [0.25, 0.3) is 0 Å². The Balaban J connectivity index is 1.49. The summed E-state index contributed by atoms with van der Waals surface area (Å²) in [5, 5.41) is 2.68. The molecule has 0 fully saturated rings. The summed E-state index contributed by atoms with van der Waals surface area (Å²) in [4.78, 5) is 16.4. The van der Waals surface area contributed by atoms with Crippen LogP contribution in [0.4, 0.5) is 0 Å². The molecule has 1 heterocycles. The maximum absolute atomic E-state index is 11.9. The molecular weight excluding hydrogens is 378 g/mol. The van der Waals surface area contributed by atoms with Gasteiger partial charge in [0, 0.05) is 5.38 Å². The minimum Gasteiger partial charge on any atom is -0.496 e. The molecule has 0 atom stereocenters. The molecule has 0 aliphatic heterocycles. The molecule has 0 bridgehead atoms. The first-order valence-corrected chi connectivity index (χ1v) is 9.66. The van der Waals surface area contributed by atoms with E-state index in [0.29, 0.717) is 18.1 Å². The lowest BCUT2D eigenvalue weighted by Crippen LogP contribution is -2.14. The number of hydrogen-bond donors (Lipinski definition) is 0. The Labute approximate surface area is 167 Å². The molecule has 1 aromatic heterocycles. The van der Waals surface area contributed by atoms with E-state index in [-0.39, 0.29) is 13.2 Å². The molecular formula is C21H21NO5S. The molecule has 0 radical (unpaired) electrons. The predicted octanol–water partition coefficient (Wildman–Crippen LogP) is 4.34. The zero-order valence-electron chi connectivity index (χ0n) is 15.7. The van der Waals surface area contributed by atoms with Crippen LogP contribution in [-0.2, 0) is 16.1 Å². The Kier molecular flexibility index (Phi) is 6.86.